The van der Waals surface area contributed by atoms with E-state index in [1.165, 1.54) is 5.56 Å². The minimum absolute atomic E-state index is 0.0710. The fourth-order valence-electron chi connectivity index (χ4n) is 1.50. The van der Waals surface area contributed by atoms with E-state index in [1.54, 1.807) is 0 Å². The maximum atomic E-state index is 12.0. The molecule has 0 fully saturated rings. The van der Waals surface area contributed by atoms with Crippen LogP contribution in [0.25, 0.3) is 0 Å². The van der Waals surface area contributed by atoms with Crippen LogP contribution in [0.5, 0.6) is 0 Å². The maximum Gasteiger partial charge on any atom is 0.193 e. The zero-order valence-electron chi connectivity index (χ0n) is 11.2. The quantitative estimate of drug-likeness (QED) is 0.691. The Morgan fingerprint density at radius 2 is 1.42 bits per heavy atom. The van der Waals surface area contributed by atoms with Gasteiger partial charge in [-0.05, 0) is 19.7 Å². The molecule has 0 bridgehead atoms. The number of nitrogens with one attached hydrogen (secondary N) is 1. The Morgan fingerprint density at radius 1 is 0.947 bits per heavy atom. The number of rotatable bonds is 3. The van der Waals surface area contributed by atoms with Gasteiger partial charge in [0.25, 0.3) is 0 Å². The number of carbonyl (C=O) groups excluding carboxylic acids is 1. The van der Waals surface area contributed by atoms with Crippen molar-refractivity contribution in [1.82, 2.24) is 5.32 Å². The van der Waals surface area contributed by atoms with Gasteiger partial charge in [0.05, 0.1) is 0 Å². The molecule has 0 unspecified atom stereocenters. The van der Waals surface area contributed by atoms with E-state index in [9.17, 15) is 4.79 Å². The van der Waals surface area contributed by atoms with Crippen LogP contribution in [-0.4, -0.2) is 19.9 Å². The molecular weight excluding hydrogens is 302 g/mol. The molecule has 0 aliphatic rings. The Labute approximate surface area is 123 Å². The third-order valence-electron chi connectivity index (χ3n) is 2.41. The molecule has 0 heterocycles. The molecule has 0 saturated carbocycles. The van der Waals surface area contributed by atoms with Gasteiger partial charge in [-0.3, -0.25) is 4.79 Å². The highest BCUT2D eigenvalue weighted by Gasteiger charge is 2.07. The second-order valence-electron chi connectivity index (χ2n) is 4.03. The summed E-state index contributed by atoms with van der Waals surface area (Å²) >= 11 is 3.38. The van der Waals surface area contributed by atoms with Crippen molar-refractivity contribution < 1.29 is 4.79 Å². The van der Waals surface area contributed by atoms with E-state index in [-0.39, 0.29) is 5.78 Å². The number of halogens is 1. The van der Waals surface area contributed by atoms with Gasteiger partial charge >= 0.3 is 0 Å². The van der Waals surface area contributed by atoms with E-state index in [0.717, 1.165) is 16.5 Å². The van der Waals surface area contributed by atoms with Crippen LogP contribution in [0.4, 0.5) is 0 Å². The van der Waals surface area contributed by atoms with Crippen molar-refractivity contribution in [2.45, 2.75) is 5.33 Å². The van der Waals surface area contributed by atoms with E-state index in [0.29, 0.717) is 0 Å². The van der Waals surface area contributed by atoms with Crippen LogP contribution >= 0.6 is 15.9 Å². The highest BCUT2D eigenvalue weighted by molar-refractivity contribution is 9.08. The first-order valence-electron chi connectivity index (χ1n) is 6.06. The molecule has 2 nitrogen and oxygen atoms in total. The third-order valence-corrected chi connectivity index (χ3v) is 3.05. The van der Waals surface area contributed by atoms with Crippen molar-refractivity contribution in [3.63, 3.8) is 0 Å². The second-order valence-corrected chi connectivity index (χ2v) is 4.59. The third kappa shape index (κ3) is 4.97. The molecule has 3 heteroatoms. The summed E-state index contributed by atoms with van der Waals surface area (Å²) in [5.74, 6) is 0.0710. The predicted molar refractivity (Wildman–Crippen MR) is 83.9 cm³/mol. The molecule has 0 saturated heterocycles. The molecule has 19 heavy (non-hydrogen) atoms. The fraction of sp³-hybridized carbons (Fsp3) is 0.188. The lowest BCUT2D eigenvalue weighted by atomic mass is 10.0. The number of hydrogen-bond acceptors (Lipinski definition) is 2. The van der Waals surface area contributed by atoms with Crippen molar-refractivity contribution in [2.75, 3.05) is 14.1 Å². The Kier molecular flexibility index (Phi) is 7.08. The van der Waals surface area contributed by atoms with Crippen LogP contribution in [-0.2, 0) is 5.33 Å². The number of carbonyl (C=O) groups is 1. The normalized spacial score (nSPS) is 9.42. The zero-order valence-corrected chi connectivity index (χ0v) is 12.8. The maximum absolute atomic E-state index is 12.0. The minimum Gasteiger partial charge on any atom is -0.323 e. The van der Waals surface area contributed by atoms with E-state index in [2.05, 4.69) is 21.2 Å². The summed E-state index contributed by atoms with van der Waals surface area (Å²) in [5, 5.41) is 3.56. The van der Waals surface area contributed by atoms with E-state index < -0.39 is 0 Å². The largest absolute Gasteiger partial charge is 0.323 e. The van der Waals surface area contributed by atoms with Gasteiger partial charge in [0.15, 0.2) is 5.78 Å². The first kappa shape index (κ1) is 15.6. The number of alkyl halides is 1. The van der Waals surface area contributed by atoms with Crippen molar-refractivity contribution >= 4 is 21.7 Å². The molecule has 2 rings (SSSR count). The molecule has 0 spiro atoms. The minimum atomic E-state index is 0.0710. The summed E-state index contributed by atoms with van der Waals surface area (Å²) in [7, 11) is 3.75. The smallest absolute Gasteiger partial charge is 0.193 e. The van der Waals surface area contributed by atoms with E-state index >= 15 is 0 Å². The molecule has 0 atom stereocenters. The van der Waals surface area contributed by atoms with Gasteiger partial charge in [0.2, 0.25) is 0 Å². The van der Waals surface area contributed by atoms with Crippen molar-refractivity contribution in [1.29, 1.82) is 0 Å². The summed E-state index contributed by atoms with van der Waals surface area (Å²) in [5.41, 5.74) is 2.63. The Hall–Kier alpha value is -1.45. The van der Waals surface area contributed by atoms with E-state index in [4.69, 9.17) is 0 Å². The van der Waals surface area contributed by atoms with Gasteiger partial charge in [-0.2, -0.15) is 0 Å². The second kappa shape index (κ2) is 8.62. The van der Waals surface area contributed by atoms with Gasteiger partial charge in [0.1, 0.15) is 0 Å². The summed E-state index contributed by atoms with van der Waals surface area (Å²) in [6.07, 6.45) is 0. The molecule has 0 aromatic heterocycles. The van der Waals surface area contributed by atoms with Gasteiger partial charge in [-0.1, -0.05) is 70.5 Å². The van der Waals surface area contributed by atoms with Crippen molar-refractivity contribution in [2.24, 2.45) is 0 Å². The van der Waals surface area contributed by atoms with Crippen LogP contribution in [0, 0.1) is 0 Å². The average molecular weight is 320 g/mol. The van der Waals surface area contributed by atoms with Crippen molar-refractivity contribution in [3.05, 3.63) is 71.3 Å². The Balaban J connectivity index is 0.000000550. The van der Waals surface area contributed by atoms with Gasteiger partial charge < -0.3 is 5.32 Å². The summed E-state index contributed by atoms with van der Waals surface area (Å²) in [6.45, 7) is 0. The summed E-state index contributed by atoms with van der Waals surface area (Å²) in [6, 6.07) is 17.0. The molecule has 0 radical (unpaired) electrons. The summed E-state index contributed by atoms with van der Waals surface area (Å²) in [4.78, 5) is 12.0. The SMILES string of the molecule is CNC.O=C(c1ccccc1)c1ccc(CBr)cc1. The molecule has 1 N–H and O–H groups in total. The molecule has 2 aromatic carbocycles. The lowest BCUT2D eigenvalue weighted by Crippen LogP contribution is -2.00. The molecule has 0 aliphatic heterocycles. The molecular formula is C16H18BrNO. The zero-order chi connectivity index (χ0) is 14.1. The summed E-state index contributed by atoms with van der Waals surface area (Å²) < 4.78 is 0. The fourth-order valence-corrected chi connectivity index (χ4v) is 1.88. The number of benzene rings is 2. The molecule has 0 amide bonds. The van der Waals surface area contributed by atoms with Crippen LogP contribution in [0.1, 0.15) is 21.5 Å². The first-order chi connectivity index (χ1) is 9.22. The first-order valence-corrected chi connectivity index (χ1v) is 7.18. The molecule has 0 aliphatic carbocycles. The van der Waals surface area contributed by atoms with Crippen LogP contribution in [0.2, 0.25) is 0 Å². The average Bonchev–Trinajstić information content (AvgIpc) is 2.48. The van der Waals surface area contributed by atoms with Gasteiger partial charge in [-0.25, -0.2) is 0 Å². The van der Waals surface area contributed by atoms with Crippen molar-refractivity contribution in [3.8, 4) is 0 Å². The Morgan fingerprint density at radius 3 is 1.89 bits per heavy atom. The Bertz CT molecular complexity index is 494. The highest BCUT2D eigenvalue weighted by atomic mass is 79.9. The van der Waals surface area contributed by atoms with E-state index in [1.807, 2.05) is 68.7 Å². The van der Waals surface area contributed by atoms with Gasteiger partial charge in [0, 0.05) is 16.5 Å². The predicted octanol–water partition coefficient (Wildman–Crippen LogP) is 3.65. The van der Waals surface area contributed by atoms with Gasteiger partial charge in [-0.15, -0.1) is 0 Å². The monoisotopic (exact) mass is 319 g/mol. The topological polar surface area (TPSA) is 29.1 Å². The standard InChI is InChI=1S/C14H11BrO.C2H7N/c15-10-11-6-8-13(9-7-11)14(16)12-4-2-1-3-5-12;1-3-2/h1-9H,10H2;3H,1-2H3. The van der Waals surface area contributed by atoms with Crippen LogP contribution < -0.4 is 5.32 Å². The van der Waals surface area contributed by atoms with Crippen LogP contribution in [0.15, 0.2) is 54.6 Å². The molecule has 100 valence electrons. The molecule has 2 aromatic rings. The number of hydrogen-bond donors (Lipinski definition) is 1. The lowest BCUT2D eigenvalue weighted by Gasteiger charge is -2.01. The van der Waals surface area contributed by atoms with Crippen LogP contribution in [0.3, 0.4) is 0 Å². The number of ketones is 1. The highest BCUT2D eigenvalue weighted by Crippen LogP contribution is 2.12. The lowest BCUT2D eigenvalue weighted by molar-refractivity contribution is 0.103.